The van der Waals surface area contributed by atoms with Crippen molar-refractivity contribution in [1.82, 2.24) is 4.98 Å². The maximum Gasteiger partial charge on any atom is 0.225 e. The number of amides is 1. The van der Waals surface area contributed by atoms with Gasteiger partial charge in [-0.1, -0.05) is 12.1 Å². The Kier molecular flexibility index (Phi) is 3.67. The molecule has 0 fully saturated rings. The van der Waals surface area contributed by atoms with Gasteiger partial charge in [0, 0.05) is 12.8 Å². The molecule has 3 rings (SSSR count). The average Bonchev–Trinajstić information content (AvgIpc) is 3.10. The second kappa shape index (κ2) is 5.77. The molecule has 0 bridgehead atoms. The number of para-hydroxylation sites is 2. The van der Waals surface area contributed by atoms with Crippen molar-refractivity contribution in [1.29, 1.82) is 5.26 Å². The van der Waals surface area contributed by atoms with E-state index in [2.05, 4.69) is 10.3 Å². The van der Waals surface area contributed by atoms with Crippen LogP contribution in [0.2, 0.25) is 0 Å². The number of hydrogen-bond donors (Lipinski definition) is 1. The van der Waals surface area contributed by atoms with Gasteiger partial charge in [-0.05, 0) is 23.6 Å². The number of hydrogen-bond acceptors (Lipinski definition) is 5. The molecule has 21 heavy (non-hydrogen) atoms. The lowest BCUT2D eigenvalue weighted by atomic mass is 10.3. The van der Waals surface area contributed by atoms with E-state index in [1.54, 1.807) is 11.4 Å². The van der Waals surface area contributed by atoms with Crippen LogP contribution in [-0.2, 0) is 11.2 Å². The molecule has 2 heterocycles. The number of nitrogens with one attached hydrogen (secondary N) is 1. The van der Waals surface area contributed by atoms with Gasteiger partial charge in [-0.3, -0.25) is 4.79 Å². The highest BCUT2D eigenvalue weighted by Crippen LogP contribution is 2.22. The number of aromatic nitrogens is 1. The summed E-state index contributed by atoms with van der Waals surface area (Å²) in [5.41, 5.74) is 1.99. The first-order valence-electron chi connectivity index (χ1n) is 6.38. The van der Waals surface area contributed by atoms with Gasteiger partial charge in [0.25, 0.3) is 0 Å². The standard InChI is InChI=1S/C15H11N3O2S/c16-9-10-7-8-21-15(10)18-13(19)5-6-14-17-11-3-1-2-4-12(11)20-14/h1-4,7-8H,5-6H2,(H,18,19). The zero-order chi connectivity index (χ0) is 14.7. The first kappa shape index (κ1) is 13.3. The topological polar surface area (TPSA) is 78.9 Å². The van der Waals surface area contributed by atoms with Crippen molar-refractivity contribution in [3.63, 3.8) is 0 Å². The first-order valence-corrected chi connectivity index (χ1v) is 7.26. The minimum absolute atomic E-state index is 0.156. The molecule has 1 N–H and O–H groups in total. The lowest BCUT2D eigenvalue weighted by Gasteiger charge is -2.01. The quantitative estimate of drug-likeness (QED) is 0.801. The molecule has 1 aromatic carbocycles. The molecule has 3 aromatic rings. The Labute approximate surface area is 124 Å². The summed E-state index contributed by atoms with van der Waals surface area (Å²) in [6.45, 7) is 0. The highest BCUT2D eigenvalue weighted by atomic mass is 32.1. The van der Waals surface area contributed by atoms with E-state index >= 15 is 0 Å². The van der Waals surface area contributed by atoms with Crippen molar-refractivity contribution in [2.75, 3.05) is 5.32 Å². The molecule has 6 heteroatoms. The number of carbonyl (C=O) groups is 1. The summed E-state index contributed by atoms with van der Waals surface area (Å²) in [6.07, 6.45) is 0.684. The fraction of sp³-hybridized carbons (Fsp3) is 0.133. The summed E-state index contributed by atoms with van der Waals surface area (Å²) >= 11 is 1.33. The lowest BCUT2D eigenvalue weighted by molar-refractivity contribution is -0.116. The zero-order valence-electron chi connectivity index (χ0n) is 11.0. The van der Waals surface area contributed by atoms with Gasteiger partial charge in [0.15, 0.2) is 11.5 Å². The van der Waals surface area contributed by atoms with Crippen LogP contribution in [0.4, 0.5) is 5.00 Å². The Morgan fingerprint density at radius 2 is 2.24 bits per heavy atom. The highest BCUT2D eigenvalue weighted by Gasteiger charge is 2.11. The van der Waals surface area contributed by atoms with Gasteiger partial charge in [-0.2, -0.15) is 5.26 Å². The molecule has 5 nitrogen and oxygen atoms in total. The molecule has 0 spiro atoms. The van der Waals surface area contributed by atoms with Crippen molar-refractivity contribution in [3.8, 4) is 6.07 Å². The SMILES string of the molecule is N#Cc1ccsc1NC(=O)CCc1nc2ccccc2o1. The number of thiophene rings is 1. The predicted octanol–water partition coefficient (Wildman–Crippen LogP) is 3.33. The molecule has 0 atom stereocenters. The van der Waals surface area contributed by atoms with Crippen molar-refractivity contribution in [3.05, 3.63) is 47.2 Å². The Bertz CT molecular complexity index is 796. The maximum atomic E-state index is 11.9. The van der Waals surface area contributed by atoms with Crippen LogP contribution in [-0.4, -0.2) is 10.9 Å². The lowest BCUT2D eigenvalue weighted by Crippen LogP contribution is -2.12. The second-order valence-electron chi connectivity index (χ2n) is 4.40. The van der Waals surface area contributed by atoms with Crippen LogP contribution < -0.4 is 5.32 Å². The fourth-order valence-corrected chi connectivity index (χ4v) is 2.68. The van der Waals surface area contributed by atoms with Crippen LogP contribution in [0.1, 0.15) is 17.9 Å². The maximum absolute atomic E-state index is 11.9. The van der Waals surface area contributed by atoms with E-state index in [1.807, 2.05) is 30.3 Å². The monoisotopic (exact) mass is 297 g/mol. The van der Waals surface area contributed by atoms with E-state index in [4.69, 9.17) is 9.68 Å². The summed E-state index contributed by atoms with van der Waals surface area (Å²) in [7, 11) is 0. The number of nitrogens with zero attached hydrogens (tertiary/aromatic N) is 2. The molecule has 2 aromatic heterocycles. The Hall–Kier alpha value is -2.65. The van der Waals surface area contributed by atoms with Crippen LogP contribution >= 0.6 is 11.3 Å². The summed E-state index contributed by atoms with van der Waals surface area (Å²) in [5, 5.41) is 14.0. The molecule has 0 aliphatic rings. The van der Waals surface area contributed by atoms with Crippen LogP contribution in [0.5, 0.6) is 0 Å². The molecule has 0 unspecified atom stereocenters. The van der Waals surface area contributed by atoms with Crippen LogP contribution in [0.3, 0.4) is 0 Å². The third-order valence-electron chi connectivity index (χ3n) is 2.94. The van der Waals surface area contributed by atoms with Crippen molar-refractivity contribution in [2.45, 2.75) is 12.8 Å². The van der Waals surface area contributed by atoms with Crippen molar-refractivity contribution < 1.29 is 9.21 Å². The molecule has 0 saturated heterocycles. The Morgan fingerprint density at radius 3 is 3.05 bits per heavy atom. The molecular weight excluding hydrogens is 286 g/mol. The Morgan fingerprint density at radius 1 is 1.38 bits per heavy atom. The second-order valence-corrected chi connectivity index (χ2v) is 5.31. The van der Waals surface area contributed by atoms with Gasteiger partial charge in [0.05, 0.1) is 5.56 Å². The largest absolute Gasteiger partial charge is 0.441 e. The molecule has 0 saturated carbocycles. The normalized spacial score (nSPS) is 10.4. The van der Waals surface area contributed by atoms with Gasteiger partial charge in [0.2, 0.25) is 5.91 Å². The smallest absolute Gasteiger partial charge is 0.225 e. The molecule has 0 aliphatic carbocycles. The van der Waals surface area contributed by atoms with Gasteiger partial charge in [0.1, 0.15) is 16.6 Å². The van der Waals surface area contributed by atoms with Crippen LogP contribution in [0, 0.1) is 11.3 Å². The van der Waals surface area contributed by atoms with Gasteiger partial charge in [-0.15, -0.1) is 11.3 Å². The first-order chi connectivity index (χ1) is 10.3. The number of aryl methyl sites for hydroxylation is 1. The van der Waals surface area contributed by atoms with Crippen molar-refractivity contribution in [2.24, 2.45) is 0 Å². The molecule has 104 valence electrons. The molecule has 0 radical (unpaired) electrons. The summed E-state index contributed by atoms with van der Waals surface area (Å²) in [6, 6.07) is 11.2. The van der Waals surface area contributed by atoms with E-state index in [-0.39, 0.29) is 12.3 Å². The number of benzene rings is 1. The number of nitriles is 1. The third-order valence-corrected chi connectivity index (χ3v) is 3.77. The number of oxazole rings is 1. The van der Waals surface area contributed by atoms with E-state index in [1.165, 1.54) is 11.3 Å². The van der Waals surface area contributed by atoms with E-state index < -0.39 is 0 Å². The number of fused-ring (bicyclic) bond motifs is 1. The van der Waals surface area contributed by atoms with Gasteiger partial charge >= 0.3 is 0 Å². The molecular formula is C15H11N3O2S. The average molecular weight is 297 g/mol. The summed E-state index contributed by atoms with van der Waals surface area (Å²) in [4.78, 5) is 16.2. The zero-order valence-corrected chi connectivity index (χ0v) is 11.8. The van der Waals surface area contributed by atoms with Gasteiger partial charge in [-0.25, -0.2) is 4.98 Å². The molecule has 0 aliphatic heterocycles. The van der Waals surface area contributed by atoms with E-state index in [9.17, 15) is 4.79 Å². The number of carbonyl (C=O) groups excluding carboxylic acids is 1. The van der Waals surface area contributed by atoms with Crippen molar-refractivity contribution >= 4 is 33.3 Å². The van der Waals surface area contributed by atoms with E-state index in [0.29, 0.717) is 22.9 Å². The third kappa shape index (κ3) is 2.93. The van der Waals surface area contributed by atoms with E-state index in [0.717, 1.165) is 11.1 Å². The number of anilines is 1. The predicted molar refractivity (Wildman–Crippen MR) is 80.0 cm³/mol. The van der Waals surface area contributed by atoms with Crippen LogP contribution in [0.15, 0.2) is 40.1 Å². The van der Waals surface area contributed by atoms with Gasteiger partial charge < -0.3 is 9.73 Å². The fourth-order valence-electron chi connectivity index (χ4n) is 1.93. The minimum Gasteiger partial charge on any atom is -0.441 e. The highest BCUT2D eigenvalue weighted by molar-refractivity contribution is 7.14. The minimum atomic E-state index is -0.156. The Balaban J connectivity index is 1.62. The van der Waals surface area contributed by atoms with Crippen LogP contribution in [0.25, 0.3) is 11.1 Å². The summed E-state index contributed by atoms with van der Waals surface area (Å²) in [5.74, 6) is 0.384. The summed E-state index contributed by atoms with van der Waals surface area (Å²) < 4.78 is 5.56. The number of rotatable bonds is 4. The molecule has 1 amide bonds.